The van der Waals surface area contributed by atoms with Crippen LogP contribution in [0.3, 0.4) is 0 Å². The first-order valence-corrected chi connectivity index (χ1v) is 8.67. The lowest BCUT2D eigenvalue weighted by molar-refractivity contribution is 0.252. The lowest BCUT2D eigenvalue weighted by atomic mass is 10.3. The minimum absolute atomic E-state index is 0.168. The second-order valence-electron chi connectivity index (χ2n) is 3.80. The Labute approximate surface area is 148 Å². The summed E-state index contributed by atoms with van der Waals surface area (Å²) in [6, 6.07) is 3.52. The van der Waals surface area contributed by atoms with Crippen molar-refractivity contribution < 1.29 is 14.6 Å². The summed E-state index contributed by atoms with van der Waals surface area (Å²) in [7, 11) is 0. The SMILES string of the molecule is OCCCCOc1c(Cl)cc(OCC=C(Br)Br)cc1Br. The molecule has 112 valence electrons. The predicted molar refractivity (Wildman–Crippen MR) is 92.4 cm³/mol. The molecule has 0 saturated heterocycles. The van der Waals surface area contributed by atoms with E-state index in [-0.39, 0.29) is 6.61 Å². The van der Waals surface area contributed by atoms with Gasteiger partial charge in [0.15, 0.2) is 5.75 Å². The Balaban J connectivity index is 2.63. The van der Waals surface area contributed by atoms with Crippen LogP contribution in [-0.4, -0.2) is 24.9 Å². The third kappa shape index (κ3) is 6.80. The molecule has 0 amide bonds. The molecule has 0 saturated carbocycles. The van der Waals surface area contributed by atoms with Crippen molar-refractivity contribution in [2.45, 2.75) is 12.8 Å². The normalized spacial score (nSPS) is 10.2. The molecule has 0 atom stereocenters. The van der Waals surface area contributed by atoms with E-state index in [1.165, 1.54) is 0 Å². The van der Waals surface area contributed by atoms with Gasteiger partial charge in [0.05, 0.1) is 19.5 Å². The summed E-state index contributed by atoms with van der Waals surface area (Å²) >= 11 is 16.1. The monoisotopic (exact) mass is 490 g/mol. The molecule has 0 aliphatic heterocycles. The summed E-state index contributed by atoms with van der Waals surface area (Å²) in [4.78, 5) is 0. The first-order valence-electron chi connectivity index (χ1n) is 5.91. The van der Waals surface area contributed by atoms with E-state index >= 15 is 0 Å². The van der Waals surface area contributed by atoms with Gasteiger partial charge >= 0.3 is 0 Å². The van der Waals surface area contributed by atoms with Gasteiger partial charge in [0.25, 0.3) is 0 Å². The number of aliphatic hydroxyl groups is 1. The van der Waals surface area contributed by atoms with Crippen molar-refractivity contribution in [1.29, 1.82) is 0 Å². The first kappa shape index (κ1) is 18.3. The number of hydrogen-bond donors (Lipinski definition) is 1. The van der Waals surface area contributed by atoms with Gasteiger partial charge in [0.2, 0.25) is 0 Å². The minimum Gasteiger partial charge on any atom is -0.491 e. The highest BCUT2D eigenvalue weighted by molar-refractivity contribution is 9.28. The number of rotatable bonds is 8. The quantitative estimate of drug-likeness (QED) is 0.502. The molecule has 0 radical (unpaired) electrons. The molecular formula is C13H14Br3ClO3. The Bertz CT molecular complexity index is 439. The van der Waals surface area contributed by atoms with Gasteiger partial charge in [0, 0.05) is 12.7 Å². The van der Waals surface area contributed by atoms with Crippen LogP contribution in [0.5, 0.6) is 11.5 Å². The van der Waals surface area contributed by atoms with E-state index in [2.05, 4.69) is 47.8 Å². The topological polar surface area (TPSA) is 38.7 Å². The minimum atomic E-state index is 0.168. The van der Waals surface area contributed by atoms with E-state index in [9.17, 15) is 0 Å². The van der Waals surface area contributed by atoms with Crippen LogP contribution in [0.2, 0.25) is 5.02 Å². The van der Waals surface area contributed by atoms with Crippen LogP contribution < -0.4 is 9.47 Å². The van der Waals surface area contributed by atoms with Crippen LogP contribution >= 0.6 is 59.4 Å². The summed E-state index contributed by atoms with van der Waals surface area (Å²) in [5, 5.41) is 9.20. The standard InChI is InChI=1S/C13H14Br3ClO3/c14-10-7-9(19-6-3-12(15)16)8-11(17)13(10)20-5-2-1-4-18/h3,7-8,18H,1-2,4-6H2. The molecule has 0 heterocycles. The molecule has 0 spiro atoms. The maximum Gasteiger partial charge on any atom is 0.152 e. The van der Waals surface area contributed by atoms with Crippen LogP contribution in [-0.2, 0) is 0 Å². The smallest absolute Gasteiger partial charge is 0.152 e. The maximum absolute atomic E-state index is 8.71. The number of aliphatic hydroxyl groups excluding tert-OH is 1. The summed E-state index contributed by atoms with van der Waals surface area (Å²) < 4.78 is 12.7. The Morgan fingerprint density at radius 1 is 1.25 bits per heavy atom. The first-order chi connectivity index (χ1) is 9.54. The van der Waals surface area contributed by atoms with E-state index < -0.39 is 0 Å². The number of unbranched alkanes of at least 4 members (excludes halogenated alkanes) is 1. The average molecular weight is 493 g/mol. The number of ether oxygens (including phenoxy) is 2. The summed E-state index contributed by atoms with van der Waals surface area (Å²) in [5.41, 5.74) is 0. The van der Waals surface area contributed by atoms with Crippen molar-refractivity contribution in [3.63, 3.8) is 0 Å². The zero-order chi connectivity index (χ0) is 15.0. The van der Waals surface area contributed by atoms with E-state index in [0.717, 1.165) is 14.3 Å². The summed E-state index contributed by atoms with van der Waals surface area (Å²) in [6.45, 7) is 1.10. The molecule has 0 aliphatic rings. The van der Waals surface area contributed by atoms with Gasteiger partial charge in [-0.15, -0.1) is 0 Å². The molecule has 1 rings (SSSR count). The molecular weight excluding hydrogens is 479 g/mol. The van der Waals surface area contributed by atoms with Gasteiger partial charge in [-0.2, -0.15) is 0 Å². The summed E-state index contributed by atoms with van der Waals surface area (Å²) in [5.74, 6) is 1.25. The number of halogens is 4. The molecule has 3 nitrogen and oxygen atoms in total. The molecule has 0 aliphatic carbocycles. The number of hydrogen-bond acceptors (Lipinski definition) is 3. The molecule has 0 unspecified atom stereocenters. The molecule has 1 N–H and O–H groups in total. The van der Waals surface area contributed by atoms with E-state index in [1.807, 2.05) is 12.1 Å². The maximum atomic E-state index is 8.71. The molecule has 0 bridgehead atoms. The van der Waals surface area contributed by atoms with Crippen molar-refractivity contribution in [2.24, 2.45) is 0 Å². The van der Waals surface area contributed by atoms with Crippen LogP contribution in [0, 0.1) is 0 Å². The highest BCUT2D eigenvalue weighted by Gasteiger charge is 2.10. The van der Waals surface area contributed by atoms with Crippen molar-refractivity contribution in [2.75, 3.05) is 19.8 Å². The third-order valence-corrected chi connectivity index (χ3v) is 3.78. The number of benzene rings is 1. The highest BCUT2D eigenvalue weighted by atomic mass is 79.9. The second kappa shape index (κ2) is 10.1. The van der Waals surface area contributed by atoms with Crippen LogP contribution in [0.25, 0.3) is 0 Å². The Morgan fingerprint density at radius 3 is 2.60 bits per heavy atom. The van der Waals surface area contributed by atoms with E-state index in [1.54, 1.807) is 6.07 Å². The van der Waals surface area contributed by atoms with Crippen molar-refractivity contribution in [1.82, 2.24) is 0 Å². The molecule has 1 aromatic rings. The second-order valence-corrected chi connectivity index (χ2v) is 7.83. The van der Waals surface area contributed by atoms with Crippen molar-refractivity contribution >= 4 is 59.4 Å². The van der Waals surface area contributed by atoms with Gasteiger partial charge in [0.1, 0.15) is 12.4 Å². The molecule has 7 heteroatoms. The van der Waals surface area contributed by atoms with Crippen molar-refractivity contribution in [3.05, 3.63) is 31.1 Å². The lowest BCUT2D eigenvalue weighted by Gasteiger charge is -2.12. The fourth-order valence-electron chi connectivity index (χ4n) is 1.35. The van der Waals surface area contributed by atoms with Gasteiger partial charge in [-0.05, 0) is 72.8 Å². The zero-order valence-electron chi connectivity index (χ0n) is 10.5. The fraction of sp³-hybridized carbons (Fsp3) is 0.385. The average Bonchev–Trinajstić information content (AvgIpc) is 2.36. The molecule has 0 fully saturated rings. The van der Waals surface area contributed by atoms with Crippen LogP contribution in [0.15, 0.2) is 26.1 Å². The molecule has 20 heavy (non-hydrogen) atoms. The van der Waals surface area contributed by atoms with E-state index in [4.69, 9.17) is 26.2 Å². The third-order valence-electron chi connectivity index (χ3n) is 2.26. The summed E-state index contributed by atoms with van der Waals surface area (Å²) in [6.07, 6.45) is 3.33. The van der Waals surface area contributed by atoms with Crippen LogP contribution in [0.4, 0.5) is 0 Å². The molecule has 1 aromatic carbocycles. The zero-order valence-corrected chi connectivity index (χ0v) is 16.1. The Morgan fingerprint density at radius 2 is 2.00 bits per heavy atom. The van der Waals surface area contributed by atoms with Gasteiger partial charge in [-0.3, -0.25) is 0 Å². The van der Waals surface area contributed by atoms with Gasteiger partial charge in [-0.25, -0.2) is 0 Å². The lowest BCUT2D eigenvalue weighted by Crippen LogP contribution is -2.00. The fourth-order valence-corrected chi connectivity index (χ4v) is 2.54. The van der Waals surface area contributed by atoms with E-state index in [0.29, 0.717) is 36.2 Å². The Hall–Kier alpha value is 0.250. The largest absolute Gasteiger partial charge is 0.491 e. The van der Waals surface area contributed by atoms with Crippen LogP contribution in [0.1, 0.15) is 12.8 Å². The Kier molecular flexibility index (Phi) is 9.20. The molecule has 0 aromatic heterocycles. The van der Waals surface area contributed by atoms with Gasteiger partial charge in [-0.1, -0.05) is 11.6 Å². The highest BCUT2D eigenvalue weighted by Crippen LogP contribution is 2.37. The van der Waals surface area contributed by atoms with Gasteiger partial charge < -0.3 is 14.6 Å². The predicted octanol–water partition coefficient (Wildman–Crippen LogP) is 5.26. The van der Waals surface area contributed by atoms with Crippen molar-refractivity contribution in [3.8, 4) is 11.5 Å².